The molecule has 0 saturated heterocycles. The van der Waals surface area contributed by atoms with Gasteiger partial charge in [-0.2, -0.15) is 0 Å². The summed E-state index contributed by atoms with van der Waals surface area (Å²) in [7, 11) is 1.57. The van der Waals surface area contributed by atoms with Crippen LogP contribution in [0.25, 0.3) is 0 Å². The van der Waals surface area contributed by atoms with E-state index in [-0.39, 0.29) is 5.91 Å². The fourth-order valence-corrected chi connectivity index (χ4v) is 2.45. The average molecular weight is 268 g/mol. The quantitative estimate of drug-likeness (QED) is 0.883. The van der Waals surface area contributed by atoms with Gasteiger partial charge >= 0.3 is 0 Å². The Morgan fingerprint density at radius 1 is 1.25 bits per heavy atom. The Kier molecular flexibility index (Phi) is 3.33. The highest BCUT2D eigenvalue weighted by Gasteiger charge is 2.24. The molecule has 3 rings (SSSR count). The number of nitrogens with one attached hydrogen (secondary N) is 2. The van der Waals surface area contributed by atoms with Gasteiger partial charge in [0.1, 0.15) is 5.82 Å². The standard InChI is InChI=1S/C15H16N4O/c1-16-15(20)13-6-7-14(19-18-13)17-9-11-8-10-4-2-3-5-12(10)11/h2-7,11H,8-9H2,1H3,(H,16,20)(H,17,19). The fraction of sp³-hybridized carbons (Fsp3) is 0.267. The van der Waals surface area contributed by atoms with Gasteiger partial charge in [-0.15, -0.1) is 10.2 Å². The van der Waals surface area contributed by atoms with E-state index in [4.69, 9.17) is 0 Å². The smallest absolute Gasteiger partial charge is 0.271 e. The first-order valence-corrected chi connectivity index (χ1v) is 6.65. The Labute approximate surface area is 117 Å². The van der Waals surface area contributed by atoms with Crippen molar-refractivity contribution in [3.05, 3.63) is 53.2 Å². The second kappa shape index (κ2) is 5.28. The molecular formula is C15H16N4O. The zero-order valence-electron chi connectivity index (χ0n) is 11.3. The molecule has 1 aliphatic rings. The molecule has 0 spiro atoms. The molecule has 2 aromatic rings. The van der Waals surface area contributed by atoms with E-state index in [1.807, 2.05) is 0 Å². The monoisotopic (exact) mass is 268 g/mol. The minimum Gasteiger partial charge on any atom is -0.368 e. The van der Waals surface area contributed by atoms with Gasteiger partial charge in [0, 0.05) is 19.5 Å². The summed E-state index contributed by atoms with van der Waals surface area (Å²) in [5, 5.41) is 13.7. The molecule has 1 aromatic heterocycles. The van der Waals surface area contributed by atoms with Gasteiger partial charge in [0.25, 0.3) is 5.91 Å². The molecule has 0 aliphatic heterocycles. The normalized spacial score (nSPS) is 15.9. The molecule has 2 N–H and O–H groups in total. The molecule has 5 heteroatoms. The maximum atomic E-state index is 11.3. The number of rotatable bonds is 4. The number of fused-ring (bicyclic) bond motifs is 1. The van der Waals surface area contributed by atoms with E-state index in [0.717, 1.165) is 13.0 Å². The third-order valence-corrected chi connectivity index (χ3v) is 3.62. The second-order valence-electron chi connectivity index (χ2n) is 4.86. The van der Waals surface area contributed by atoms with Crippen molar-refractivity contribution in [3.63, 3.8) is 0 Å². The van der Waals surface area contributed by atoms with Crippen LogP contribution in [0, 0.1) is 0 Å². The topological polar surface area (TPSA) is 66.9 Å². The number of hydrogen-bond acceptors (Lipinski definition) is 4. The Hall–Kier alpha value is -2.43. The molecule has 0 bridgehead atoms. The molecule has 1 atom stereocenters. The van der Waals surface area contributed by atoms with Crippen molar-refractivity contribution in [3.8, 4) is 0 Å². The van der Waals surface area contributed by atoms with Crippen LogP contribution >= 0.6 is 0 Å². The molecule has 1 aromatic carbocycles. The lowest BCUT2D eigenvalue weighted by atomic mass is 9.78. The van der Waals surface area contributed by atoms with Gasteiger partial charge in [0.15, 0.2) is 5.69 Å². The number of benzene rings is 1. The van der Waals surface area contributed by atoms with Crippen molar-refractivity contribution in [2.75, 3.05) is 18.9 Å². The highest BCUT2D eigenvalue weighted by Crippen LogP contribution is 2.34. The molecular weight excluding hydrogens is 252 g/mol. The van der Waals surface area contributed by atoms with E-state index in [1.54, 1.807) is 19.2 Å². The summed E-state index contributed by atoms with van der Waals surface area (Å²) in [6.07, 6.45) is 1.10. The van der Waals surface area contributed by atoms with Crippen molar-refractivity contribution in [2.45, 2.75) is 12.3 Å². The van der Waals surface area contributed by atoms with Gasteiger partial charge in [-0.25, -0.2) is 0 Å². The number of carbonyl (C=O) groups excluding carboxylic acids is 1. The minimum atomic E-state index is -0.225. The summed E-state index contributed by atoms with van der Waals surface area (Å²) >= 11 is 0. The maximum absolute atomic E-state index is 11.3. The van der Waals surface area contributed by atoms with Crippen LogP contribution in [0.1, 0.15) is 27.5 Å². The lowest BCUT2D eigenvalue weighted by molar-refractivity contribution is 0.0957. The summed E-state index contributed by atoms with van der Waals surface area (Å²) in [4.78, 5) is 11.3. The van der Waals surface area contributed by atoms with Crippen molar-refractivity contribution < 1.29 is 4.79 Å². The summed E-state index contributed by atoms with van der Waals surface area (Å²) in [5.74, 6) is 1.01. The Morgan fingerprint density at radius 3 is 2.80 bits per heavy atom. The van der Waals surface area contributed by atoms with Crippen molar-refractivity contribution in [1.29, 1.82) is 0 Å². The second-order valence-corrected chi connectivity index (χ2v) is 4.86. The molecule has 1 amide bonds. The predicted octanol–water partition coefficient (Wildman–Crippen LogP) is 1.59. The molecule has 20 heavy (non-hydrogen) atoms. The van der Waals surface area contributed by atoms with E-state index in [1.165, 1.54) is 11.1 Å². The third kappa shape index (κ3) is 2.34. The first-order valence-electron chi connectivity index (χ1n) is 6.65. The van der Waals surface area contributed by atoms with Crippen LogP contribution in [0.15, 0.2) is 36.4 Å². The number of amides is 1. The number of nitrogens with zero attached hydrogens (tertiary/aromatic N) is 2. The van der Waals surface area contributed by atoms with Crippen molar-refractivity contribution in [2.24, 2.45) is 0 Å². The van der Waals surface area contributed by atoms with E-state index in [0.29, 0.717) is 17.4 Å². The van der Waals surface area contributed by atoms with Gasteiger partial charge in [0.05, 0.1) is 0 Å². The fourth-order valence-electron chi connectivity index (χ4n) is 2.45. The minimum absolute atomic E-state index is 0.225. The van der Waals surface area contributed by atoms with E-state index < -0.39 is 0 Å². The molecule has 0 fully saturated rings. The van der Waals surface area contributed by atoms with Crippen LogP contribution in [0.4, 0.5) is 5.82 Å². The van der Waals surface area contributed by atoms with Crippen molar-refractivity contribution in [1.82, 2.24) is 15.5 Å². The lowest BCUT2D eigenvalue weighted by Gasteiger charge is -2.30. The summed E-state index contributed by atoms with van der Waals surface area (Å²) < 4.78 is 0. The SMILES string of the molecule is CNC(=O)c1ccc(NCC2Cc3ccccc32)nn1. The van der Waals surface area contributed by atoms with Gasteiger partial charge in [-0.05, 0) is 29.7 Å². The van der Waals surface area contributed by atoms with Crippen LogP contribution in [0.5, 0.6) is 0 Å². The zero-order chi connectivity index (χ0) is 13.9. The third-order valence-electron chi connectivity index (χ3n) is 3.62. The summed E-state index contributed by atoms with van der Waals surface area (Å²) in [6.45, 7) is 0.838. The van der Waals surface area contributed by atoms with E-state index >= 15 is 0 Å². The summed E-state index contributed by atoms with van der Waals surface area (Å²) in [5.41, 5.74) is 3.17. The van der Waals surface area contributed by atoms with Crippen LogP contribution in [0.2, 0.25) is 0 Å². The Balaban J connectivity index is 1.59. The van der Waals surface area contributed by atoms with Gasteiger partial charge in [-0.1, -0.05) is 24.3 Å². The number of aromatic nitrogens is 2. The predicted molar refractivity (Wildman–Crippen MR) is 76.8 cm³/mol. The van der Waals surface area contributed by atoms with Crippen LogP contribution in [-0.4, -0.2) is 29.7 Å². The first kappa shape index (κ1) is 12.6. The zero-order valence-corrected chi connectivity index (χ0v) is 11.3. The van der Waals surface area contributed by atoms with Crippen molar-refractivity contribution >= 4 is 11.7 Å². The lowest BCUT2D eigenvalue weighted by Crippen LogP contribution is -2.25. The van der Waals surface area contributed by atoms with E-state index in [9.17, 15) is 4.79 Å². The molecule has 5 nitrogen and oxygen atoms in total. The van der Waals surface area contributed by atoms with Crippen LogP contribution in [-0.2, 0) is 6.42 Å². The number of carbonyl (C=O) groups is 1. The Morgan fingerprint density at radius 2 is 2.10 bits per heavy atom. The molecule has 0 saturated carbocycles. The highest BCUT2D eigenvalue weighted by atomic mass is 16.1. The first-order chi connectivity index (χ1) is 9.78. The average Bonchev–Trinajstić information content (AvgIpc) is 2.48. The molecule has 1 unspecified atom stereocenters. The Bertz CT molecular complexity index is 624. The van der Waals surface area contributed by atoms with Crippen LogP contribution in [0.3, 0.4) is 0 Å². The highest BCUT2D eigenvalue weighted by molar-refractivity contribution is 5.91. The molecule has 1 heterocycles. The molecule has 102 valence electrons. The summed E-state index contributed by atoms with van der Waals surface area (Å²) in [6, 6.07) is 11.9. The largest absolute Gasteiger partial charge is 0.368 e. The number of hydrogen-bond donors (Lipinski definition) is 2. The number of anilines is 1. The maximum Gasteiger partial charge on any atom is 0.271 e. The molecule has 0 radical (unpaired) electrons. The van der Waals surface area contributed by atoms with Gasteiger partial charge in [0.2, 0.25) is 0 Å². The van der Waals surface area contributed by atoms with E-state index in [2.05, 4.69) is 45.1 Å². The van der Waals surface area contributed by atoms with Gasteiger partial charge in [-0.3, -0.25) is 4.79 Å². The molecule has 1 aliphatic carbocycles. The van der Waals surface area contributed by atoms with Crippen LogP contribution < -0.4 is 10.6 Å². The van der Waals surface area contributed by atoms with Gasteiger partial charge < -0.3 is 10.6 Å².